The van der Waals surface area contributed by atoms with Crippen molar-refractivity contribution in [1.82, 2.24) is 15.6 Å². The Morgan fingerprint density at radius 2 is 1.85 bits per heavy atom. The van der Waals surface area contributed by atoms with Crippen LogP contribution in [0, 0.1) is 0 Å². The lowest BCUT2D eigenvalue weighted by Gasteiger charge is -2.06. The van der Waals surface area contributed by atoms with Gasteiger partial charge < -0.3 is 9.84 Å². The molecular formula is C19H18N4O3. The van der Waals surface area contributed by atoms with Gasteiger partial charge in [0.2, 0.25) is 5.91 Å². The highest BCUT2D eigenvalue weighted by Gasteiger charge is 2.03. The summed E-state index contributed by atoms with van der Waals surface area (Å²) in [4.78, 5) is 22.7. The highest BCUT2D eigenvalue weighted by atomic mass is 16.5. The lowest BCUT2D eigenvalue weighted by atomic mass is 10.2. The maximum Gasteiger partial charge on any atom is 0.264 e. The Labute approximate surface area is 149 Å². The van der Waals surface area contributed by atoms with Crippen molar-refractivity contribution in [2.45, 2.75) is 13.0 Å². The monoisotopic (exact) mass is 350 g/mol. The van der Waals surface area contributed by atoms with Gasteiger partial charge in [-0.15, -0.1) is 0 Å². The molecule has 0 fully saturated rings. The van der Waals surface area contributed by atoms with Crippen LogP contribution in [0.3, 0.4) is 0 Å². The summed E-state index contributed by atoms with van der Waals surface area (Å²) in [6.07, 6.45) is 1.58. The summed E-state index contributed by atoms with van der Waals surface area (Å²) >= 11 is 0. The first-order valence-electron chi connectivity index (χ1n) is 8.04. The number of hydrogen-bond acceptors (Lipinski definition) is 4. The summed E-state index contributed by atoms with van der Waals surface area (Å²) in [6, 6.07) is 18.6. The molecule has 0 aliphatic rings. The number of carbonyl (C=O) groups is 1. The van der Waals surface area contributed by atoms with Gasteiger partial charge in [0.15, 0.2) is 0 Å². The molecule has 3 N–H and O–H groups in total. The molecule has 0 unspecified atom stereocenters. The third kappa shape index (κ3) is 5.20. The maximum absolute atomic E-state index is 11.7. The van der Waals surface area contributed by atoms with Gasteiger partial charge in [0.05, 0.1) is 12.6 Å². The maximum atomic E-state index is 11.7. The van der Waals surface area contributed by atoms with Gasteiger partial charge in [-0.1, -0.05) is 30.3 Å². The molecule has 3 aromatic rings. The average Bonchev–Trinajstić information content (AvgIpc) is 3.06. The minimum Gasteiger partial charge on any atom is -0.489 e. The minimum atomic E-state index is -0.320. The van der Waals surface area contributed by atoms with E-state index < -0.39 is 0 Å². The molecule has 7 heteroatoms. The number of carbonyl (C=O) groups excluding carboxylic acids is 1. The van der Waals surface area contributed by atoms with Gasteiger partial charge in [0, 0.05) is 11.8 Å². The summed E-state index contributed by atoms with van der Waals surface area (Å²) in [5.41, 5.74) is 4.57. The van der Waals surface area contributed by atoms with E-state index >= 15 is 0 Å². The SMILES string of the molecule is O=C(Cc1cc(=O)[nH][nH]1)N/N=C\c1ccc(OCc2ccccc2)cc1. The Morgan fingerprint density at radius 3 is 2.54 bits per heavy atom. The largest absolute Gasteiger partial charge is 0.489 e. The molecule has 132 valence electrons. The molecule has 1 aromatic heterocycles. The number of ether oxygens (including phenoxy) is 1. The fraction of sp³-hybridized carbons (Fsp3) is 0.105. The molecule has 0 radical (unpaired) electrons. The standard InChI is InChI=1S/C19H18N4O3/c24-18(10-16-11-19(25)23-21-16)22-20-12-14-6-8-17(9-7-14)26-13-15-4-2-1-3-5-15/h1-9,11-12H,10,13H2,(H,22,24)(H2,21,23,25)/b20-12-. The topological polar surface area (TPSA) is 99.3 Å². The second kappa shape index (κ2) is 8.48. The van der Waals surface area contributed by atoms with E-state index in [9.17, 15) is 9.59 Å². The van der Waals surface area contributed by atoms with Crippen LogP contribution in [-0.4, -0.2) is 22.3 Å². The van der Waals surface area contributed by atoms with Gasteiger partial charge in [-0.05, 0) is 35.4 Å². The van der Waals surface area contributed by atoms with Crippen LogP contribution in [0.1, 0.15) is 16.8 Å². The molecule has 7 nitrogen and oxygen atoms in total. The normalized spacial score (nSPS) is 10.8. The molecule has 0 saturated heterocycles. The zero-order valence-corrected chi connectivity index (χ0v) is 13.9. The number of H-pyrrole nitrogens is 2. The van der Waals surface area contributed by atoms with Crippen molar-refractivity contribution in [2.75, 3.05) is 0 Å². The van der Waals surface area contributed by atoms with Crippen LogP contribution >= 0.6 is 0 Å². The third-order valence-electron chi connectivity index (χ3n) is 3.53. The third-order valence-corrected chi connectivity index (χ3v) is 3.53. The summed E-state index contributed by atoms with van der Waals surface area (Å²) in [6.45, 7) is 0.506. The molecule has 3 rings (SSSR count). The second-order valence-corrected chi connectivity index (χ2v) is 5.60. The number of hydrazone groups is 1. The van der Waals surface area contributed by atoms with Crippen molar-refractivity contribution in [3.8, 4) is 5.75 Å². The number of rotatable bonds is 7. The van der Waals surface area contributed by atoms with Gasteiger partial charge in [0.25, 0.3) is 5.56 Å². The van der Waals surface area contributed by atoms with E-state index in [1.807, 2.05) is 54.6 Å². The summed E-state index contributed by atoms with van der Waals surface area (Å²) in [5.74, 6) is 0.436. The molecule has 1 amide bonds. The number of aromatic amines is 2. The zero-order valence-electron chi connectivity index (χ0n) is 13.9. The number of hydrogen-bond donors (Lipinski definition) is 3. The molecule has 0 aliphatic carbocycles. The fourth-order valence-electron chi connectivity index (χ4n) is 2.25. The summed E-state index contributed by atoms with van der Waals surface area (Å²) < 4.78 is 5.71. The van der Waals surface area contributed by atoms with Crippen LogP contribution in [0.25, 0.3) is 0 Å². The van der Waals surface area contributed by atoms with E-state index in [0.29, 0.717) is 12.3 Å². The number of aromatic nitrogens is 2. The van der Waals surface area contributed by atoms with Gasteiger partial charge in [-0.3, -0.25) is 14.7 Å². The molecular weight excluding hydrogens is 332 g/mol. The van der Waals surface area contributed by atoms with Crippen LogP contribution in [0.15, 0.2) is 70.6 Å². The highest BCUT2D eigenvalue weighted by Crippen LogP contribution is 2.13. The second-order valence-electron chi connectivity index (χ2n) is 5.60. The highest BCUT2D eigenvalue weighted by molar-refractivity contribution is 5.83. The quantitative estimate of drug-likeness (QED) is 0.449. The Kier molecular flexibility index (Phi) is 5.61. The fourth-order valence-corrected chi connectivity index (χ4v) is 2.25. The molecule has 0 spiro atoms. The van der Waals surface area contributed by atoms with Gasteiger partial charge in [0.1, 0.15) is 12.4 Å². The Balaban J connectivity index is 1.46. The first-order valence-corrected chi connectivity index (χ1v) is 8.04. The Hall–Kier alpha value is -3.61. The summed E-state index contributed by atoms with van der Waals surface area (Å²) in [7, 11) is 0. The lowest BCUT2D eigenvalue weighted by Crippen LogP contribution is -2.20. The zero-order chi connectivity index (χ0) is 18.2. The van der Waals surface area contributed by atoms with E-state index in [-0.39, 0.29) is 17.9 Å². The van der Waals surface area contributed by atoms with Crippen LogP contribution < -0.4 is 15.7 Å². The molecule has 0 bridgehead atoms. The predicted octanol–water partition coefficient (Wildman–Crippen LogP) is 1.97. The predicted molar refractivity (Wildman–Crippen MR) is 98.1 cm³/mol. The van der Waals surface area contributed by atoms with E-state index in [1.54, 1.807) is 6.21 Å². The van der Waals surface area contributed by atoms with Crippen LogP contribution in [0.4, 0.5) is 0 Å². The van der Waals surface area contributed by atoms with E-state index in [4.69, 9.17) is 4.74 Å². The van der Waals surface area contributed by atoms with Crippen molar-refractivity contribution in [1.29, 1.82) is 0 Å². The lowest BCUT2D eigenvalue weighted by molar-refractivity contribution is -0.120. The van der Waals surface area contributed by atoms with Crippen LogP contribution in [-0.2, 0) is 17.8 Å². The Morgan fingerprint density at radius 1 is 1.08 bits per heavy atom. The number of nitrogens with one attached hydrogen (secondary N) is 3. The van der Waals surface area contributed by atoms with Crippen molar-refractivity contribution < 1.29 is 9.53 Å². The average molecular weight is 350 g/mol. The van der Waals surface area contributed by atoms with Crippen molar-refractivity contribution in [2.24, 2.45) is 5.10 Å². The first-order chi connectivity index (χ1) is 12.7. The van der Waals surface area contributed by atoms with E-state index in [2.05, 4.69) is 20.7 Å². The van der Waals surface area contributed by atoms with E-state index in [0.717, 1.165) is 16.9 Å². The van der Waals surface area contributed by atoms with Crippen molar-refractivity contribution >= 4 is 12.1 Å². The van der Waals surface area contributed by atoms with Crippen LogP contribution in [0.2, 0.25) is 0 Å². The molecule has 26 heavy (non-hydrogen) atoms. The minimum absolute atomic E-state index is 0.0440. The molecule has 1 heterocycles. The molecule has 0 atom stereocenters. The smallest absolute Gasteiger partial charge is 0.264 e. The number of nitrogens with zero attached hydrogens (tertiary/aromatic N) is 1. The molecule has 0 aliphatic heterocycles. The van der Waals surface area contributed by atoms with Gasteiger partial charge in [-0.25, -0.2) is 5.43 Å². The van der Waals surface area contributed by atoms with Gasteiger partial charge >= 0.3 is 0 Å². The number of amides is 1. The molecule has 0 saturated carbocycles. The summed E-state index contributed by atoms with van der Waals surface area (Å²) in [5, 5.41) is 8.88. The van der Waals surface area contributed by atoms with Gasteiger partial charge in [-0.2, -0.15) is 5.10 Å². The van der Waals surface area contributed by atoms with E-state index in [1.165, 1.54) is 6.07 Å². The Bertz CT molecular complexity index is 927. The van der Waals surface area contributed by atoms with Crippen molar-refractivity contribution in [3.05, 3.63) is 87.8 Å². The van der Waals surface area contributed by atoms with Crippen molar-refractivity contribution in [3.63, 3.8) is 0 Å². The molecule has 2 aromatic carbocycles. The number of benzene rings is 2. The van der Waals surface area contributed by atoms with Crippen LogP contribution in [0.5, 0.6) is 5.75 Å². The first kappa shape index (κ1) is 17.2.